The van der Waals surface area contributed by atoms with Crippen molar-refractivity contribution in [2.75, 3.05) is 13.1 Å². The van der Waals surface area contributed by atoms with Crippen molar-refractivity contribution in [1.82, 2.24) is 15.0 Å². The van der Waals surface area contributed by atoms with Crippen molar-refractivity contribution in [3.8, 4) is 34.7 Å². The van der Waals surface area contributed by atoms with Crippen molar-refractivity contribution >= 4 is 5.97 Å². The molecule has 2 heterocycles. The van der Waals surface area contributed by atoms with E-state index in [0.29, 0.717) is 41.7 Å². The summed E-state index contributed by atoms with van der Waals surface area (Å²) < 4.78 is 11.3. The number of carboxylic acid groups (broad SMARTS) is 1. The molecule has 0 bridgehead atoms. The maximum atomic E-state index is 12.1. The first-order chi connectivity index (χ1) is 17.5. The summed E-state index contributed by atoms with van der Waals surface area (Å²) in [6.07, 6.45) is 1.50. The fraction of sp³-hybridized carbons (Fsp3) is 0.448. The minimum Gasteiger partial charge on any atom is -0.490 e. The largest absolute Gasteiger partial charge is 0.490 e. The van der Waals surface area contributed by atoms with E-state index in [4.69, 9.17) is 9.26 Å². The molecule has 0 fully saturated rings. The second-order valence-corrected chi connectivity index (χ2v) is 10.9. The van der Waals surface area contributed by atoms with E-state index in [9.17, 15) is 15.2 Å². The average Bonchev–Trinajstić information content (AvgIpc) is 3.20. The van der Waals surface area contributed by atoms with Crippen molar-refractivity contribution in [1.29, 1.82) is 5.26 Å². The smallest absolute Gasteiger partial charge is 0.321 e. The Morgan fingerprint density at radius 3 is 2.57 bits per heavy atom. The van der Waals surface area contributed by atoms with Crippen LogP contribution in [0.4, 0.5) is 0 Å². The first-order valence-corrected chi connectivity index (χ1v) is 12.6. The van der Waals surface area contributed by atoms with Crippen LogP contribution in [-0.2, 0) is 17.6 Å². The van der Waals surface area contributed by atoms with Gasteiger partial charge in [-0.05, 0) is 73.9 Å². The summed E-state index contributed by atoms with van der Waals surface area (Å²) in [6.45, 7) is 13.2. The lowest BCUT2D eigenvalue weighted by atomic mass is 9.85. The Hall–Kier alpha value is -3.70. The zero-order valence-corrected chi connectivity index (χ0v) is 22.3. The van der Waals surface area contributed by atoms with Gasteiger partial charge in [-0.1, -0.05) is 38.1 Å². The maximum absolute atomic E-state index is 12.1. The lowest BCUT2D eigenvalue weighted by Crippen LogP contribution is -2.50. The molecule has 8 heteroatoms. The Labute approximate surface area is 217 Å². The fourth-order valence-electron chi connectivity index (χ4n) is 5.16. The van der Waals surface area contributed by atoms with Crippen LogP contribution in [0.15, 0.2) is 34.9 Å². The molecule has 2 aromatic carbocycles. The highest BCUT2D eigenvalue weighted by atomic mass is 16.5. The highest BCUT2D eigenvalue weighted by Gasteiger charge is 2.37. The molecule has 3 aromatic rings. The number of hydrogen-bond acceptors (Lipinski definition) is 7. The molecule has 1 N–H and O–H groups in total. The first kappa shape index (κ1) is 26.4. The zero-order chi connectivity index (χ0) is 26.9. The highest BCUT2D eigenvalue weighted by molar-refractivity contribution is 5.74. The molecule has 1 aliphatic heterocycles. The van der Waals surface area contributed by atoms with Gasteiger partial charge in [-0.25, -0.2) is 0 Å². The monoisotopic (exact) mass is 502 g/mol. The second-order valence-electron chi connectivity index (χ2n) is 10.9. The number of ether oxygens (including phenoxy) is 1. The second kappa shape index (κ2) is 10.3. The van der Waals surface area contributed by atoms with Gasteiger partial charge in [0.1, 0.15) is 17.9 Å². The molecule has 4 rings (SSSR count). The van der Waals surface area contributed by atoms with Crippen molar-refractivity contribution in [2.45, 2.75) is 66.5 Å². The van der Waals surface area contributed by atoms with E-state index in [1.165, 1.54) is 11.1 Å². The molecular formula is C29H34N4O4. The molecule has 0 saturated carbocycles. The molecule has 0 amide bonds. The summed E-state index contributed by atoms with van der Waals surface area (Å²) in [7, 11) is 0. The highest BCUT2D eigenvalue weighted by Crippen LogP contribution is 2.33. The third kappa shape index (κ3) is 5.52. The number of aliphatic carboxylic acids is 1. The van der Waals surface area contributed by atoms with Gasteiger partial charge in [-0.3, -0.25) is 9.69 Å². The van der Waals surface area contributed by atoms with Gasteiger partial charge < -0.3 is 14.4 Å². The molecule has 1 aliphatic rings. The maximum Gasteiger partial charge on any atom is 0.321 e. The van der Waals surface area contributed by atoms with Crippen LogP contribution in [-0.4, -0.2) is 51.4 Å². The number of carboxylic acids is 1. The van der Waals surface area contributed by atoms with Crippen LogP contribution in [0.5, 0.6) is 5.75 Å². The van der Waals surface area contributed by atoms with E-state index in [1.54, 1.807) is 12.1 Å². The molecule has 0 radical (unpaired) electrons. The molecule has 37 heavy (non-hydrogen) atoms. The SMILES string of the molecule is Cc1c(-c2noc(-c3ccc(OC(C)C)c(C#N)c3)n2)ccc2c1CCN(C(C(=O)O)C(C)(C)C)CC2. The number of benzene rings is 2. The Kier molecular flexibility index (Phi) is 7.37. The van der Waals surface area contributed by atoms with Gasteiger partial charge in [0.05, 0.1) is 11.7 Å². The number of nitrogens with zero attached hydrogens (tertiary/aromatic N) is 4. The van der Waals surface area contributed by atoms with Crippen molar-refractivity contribution in [3.05, 3.63) is 52.6 Å². The normalized spacial score (nSPS) is 15.1. The quantitative estimate of drug-likeness (QED) is 0.485. The zero-order valence-electron chi connectivity index (χ0n) is 22.3. The van der Waals surface area contributed by atoms with E-state index in [-0.39, 0.29) is 11.5 Å². The Bertz CT molecular complexity index is 1350. The molecule has 0 spiro atoms. The van der Waals surface area contributed by atoms with E-state index in [0.717, 1.165) is 24.0 Å². The topological polar surface area (TPSA) is 112 Å². The number of nitriles is 1. The molecule has 194 valence electrons. The van der Waals surface area contributed by atoms with Crippen LogP contribution in [0.3, 0.4) is 0 Å². The molecule has 1 atom stereocenters. The minimum atomic E-state index is -0.779. The number of carbonyl (C=O) groups is 1. The summed E-state index contributed by atoms with van der Waals surface area (Å²) in [5.41, 5.74) is 5.09. The van der Waals surface area contributed by atoms with Crippen LogP contribution in [0.1, 0.15) is 56.9 Å². The lowest BCUT2D eigenvalue weighted by Gasteiger charge is -2.36. The van der Waals surface area contributed by atoms with E-state index >= 15 is 0 Å². The first-order valence-electron chi connectivity index (χ1n) is 12.6. The molecule has 8 nitrogen and oxygen atoms in total. The number of aromatic nitrogens is 2. The molecule has 0 aliphatic carbocycles. The van der Waals surface area contributed by atoms with Crippen LogP contribution < -0.4 is 4.74 Å². The predicted molar refractivity (Wildman–Crippen MR) is 140 cm³/mol. The van der Waals surface area contributed by atoms with Gasteiger partial charge in [0.2, 0.25) is 5.82 Å². The lowest BCUT2D eigenvalue weighted by molar-refractivity contribution is -0.147. The van der Waals surface area contributed by atoms with Crippen molar-refractivity contribution < 1.29 is 19.2 Å². The molecule has 1 aromatic heterocycles. The predicted octanol–water partition coefficient (Wildman–Crippen LogP) is 5.27. The van der Waals surface area contributed by atoms with Crippen LogP contribution >= 0.6 is 0 Å². The van der Waals surface area contributed by atoms with Gasteiger partial charge in [-0.2, -0.15) is 10.2 Å². The minimum absolute atomic E-state index is 0.0419. The van der Waals surface area contributed by atoms with E-state index in [1.807, 2.05) is 46.8 Å². The van der Waals surface area contributed by atoms with Gasteiger partial charge in [0.15, 0.2) is 0 Å². The summed E-state index contributed by atoms with van der Waals surface area (Å²) in [5.74, 6) is 0.555. The summed E-state index contributed by atoms with van der Waals surface area (Å²) >= 11 is 0. The average molecular weight is 503 g/mol. The summed E-state index contributed by atoms with van der Waals surface area (Å²) in [6, 6.07) is 11.0. The summed E-state index contributed by atoms with van der Waals surface area (Å²) in [5, 5.41) is 23.7. The summed E-state index contributed by atoms with van der Waals surface area (Å²) in [4.78, 5) is 18.8. The van der Waals surface area contributed by atoms with E-state index < -0.39 is 12.0 Å². The van der Waals surface area contributed by atoms with Crippen LogP contribution in [0, 0.1) is 23.7 Å². The van der Waals surface area contributed by atoms with Crippen molar-refractivity contribution in [2.24, 2.45) is 5.41 Å². The van der Waals surface area contributed by atoms with Gasteiger partial charge >= 0.3 is 5.97 Å². The molecular weight excluding hydrogens is 468 g/mol. The number of rotatable bonds is 6. The van der Waals surface area contributed by atoms with Crippen LogP contribution in [0.25, 0.3) is 22.8 Å². The Morgan fingerprint density at radius 1 is 1.19 bits per heavy atom. The van der Waals surface area contributed by atoms with Crippen LogP contribution in [0.2, 0.25) is 0 Å². The fourth-order valence-corrected chi connectivity index (χ4v) is 5.16. The number of fused-ring (bicyclic) bond motifs is 1. The Morgan fingerprint density at radius 2 is 1.92 bits per heavy atom. The molecule has 1 unspecified atom stereocenters. The van der Waals surface area contributed by atoms with Gasteiger partial charge in [0.25, 0.3) is 5.89 Å². The number of hydrogen-bond donors (Lipinski definition) is 1. The van der Waals surface area contributed by atoms with Gasteiger partial charge in [0, 0.05) is 24.2 Å². The van der Waals surface area contributed by atoms with Crippen molar-refractivity contribution in [3.63, 3.8) is 0 Å². The third-order valence-electron chi connectivity index (χ3n) is 6.81. The Balaban J connectivity index is 1.61. The third-order valence-corrected chi connectivity index (χ3v) is 6.81. The molecule has 0 saturated heterocycles. The standard InChI is InChI=1S/C29H34N4O4/c1-17(2)36-24-10-8-20(15-21(24)16-30)27-31-26(32-37-27)23-9-7-19-11-13-33(14-12-22(19)18(23)3)25(28(34)35)29(4,5)6/h7-10,15,17,25H,11-14H2,1-6H3,(H,34,35). The van der Waals surface area contributed by atoms with Gasteiger partial charge in [-0.15, -0.1) is 0 Å². The van der Waals surface area contributed by atoms with E-state index in [2.05, 4.69) is 34.1 Å².